The molecule has 0 bridgehead atoms. The Morgan fingerprint density at radius 1 is 0.333 bits per heavy atom. The Balaban J connectivity index is 0.0000348. The number of halogens is 1. The first-order valence-corrected chi connectivity index (χ1v) is 27.8. The zero-order valence-electron chi connectivity index (χ0n) is 42.7. The first-order chi connectivity index (χ1) is 28.9. The van der Waals surface area contributed by atoms with Gasteiger partial charge in [0.15, 0.2) is 0 Å². The maximum Gasteiger partial charge on any atom is 0.124 e. The summed E-state index contributed by atoms with van der Waals surface area (Å²) < 4.78 is 1.08. The van der Waals surface area contributed by atoms with Gasteiger partial charge in [0, 0.05) is 18.4 Å². The van der Waals surface area contributed by atoms with Gasteiger partial charge in [-0.25, -0.2) is 0 Å². The highest BCUT2D eigenvalue weighted by Crippen LogP contribution is 2.44. The highest BCUT2D eigenvalue weighted by Gasteiger charge is 2.45. The molecular formula is C58H112ClN. The predicted molar refractivity (Wildman–Crippen MR) is 270 cm³/mol. The zero-order chi connectivity index (χ0) is 43.0. The number of hydrogen-bond acceptors (Lipinski definition) is 0. The molecule has 1 aromatic carbocycles. The van der Waals surface area contributed by atoms with Crippen molar-refractivity contribution in [2.75, 3.05) is 21.1 Å². The Labute approximate surface area is 387 Å². The topological polar surface area (TPSA) is 0 Å². The average molecular weight is 859 g/mol. The molecule has 0 aliphatic heterocycles. The Kier molecular flexibility index (Phi) is 42.0. The van der Waals surface area contributed by atoms with E-state index in [4.69, 9.17) is 0 Å². The number of nitrogens with zero attached hydrogens (tertiary/aromatic N) is 1. The van der Waals surface area contributed by atoms with Crippen molar-refractivity contribution in [2.45, 2.75) is 316 Å². The molecule has 0 saturated heterocycles. The first kappa shape index (κ1) is 59.5. The van der Waals surface area contributed by atoms with E-state index in [2.05, 4.69) is 67.0 Å². The minimum Gasteiger partial charge on any atom is -1.00 e. The zero-order valence-corrected chi connectivity index (χ0v) is 43.4. The van der Waals surface area contributed by atoms with E-state index in [-0.39, 0.29) is 17.9 Å². The SMILES string of the molecule is CCCCCCCCCCCCc1cccc(C(CCCCCCCCCCCC)(CCCCCCCCCCCC)[N+](C)(C)C)c1CCCCCCCCCCCC.[Cl-]. The van der Waals surface area contributed by atoms with Gasteiger partial charge in [-0.1, -0.05) is 277 Å². The lowest BCUT2D eigenvalue weighted by Crippen LogP contribution is -3.00. The monoisotopic (exact) mass is 858 g/mol. The van der Waals surface area contributed by atoms with Crippen LogP contribution in [-0.2, 0) is 18.4 Å². The summed E-state index contributed by atoms with van der Waals surface area (Å²) in [7, 11) is 7.73. The molecule has 2 heteroatoms. The van der Waals surface area contributed by atoms with Crippen LogP contribution in [0.1, 0.15) is 314 Å². The molecule has 0 N–H and O–H groups in total. The summed E-state index contributed by atoms with van der Waals surface area (Å²) >= 11 is 0. The van der Waals surface area contributed by atoms with Gasteiger partial charge in [0.1, 0.15) is 5.54 Å². The van der Waals surface area contributed by atoms with Gasteiger partial charge in [-0.2, -0.15) is 0 Å². The van der Waals surface area contributed by atoms with E-state index < -0.39 is 0 Å². The maximum atomic E-state index is 2.66. The second kappa shape index (κ2) is 42.4. The number of rotatable bonds is 46. The van der Waals surface area contributed by atoms with E-state index in [1.54, 1.807) is 16.7 Å². The number of quaternary nitrogens is 1. The highest BCUT2D eigenvalue weighted by molar-refractivity contribution is 5.40. The fourth-order valence-electron chi connectivity index (χ4n) is 10.4. The van der Waals surface area contributed by atoms with E-state index in [0.29, 0.717) is 0 Å². The van der Waals surface area contributed by atoms with Gasteiger partial charge in [-0.3, -0.25) is 0 Å². The molecule has 1 rings (SSSR count). The van der Waals surface area contributed by atoms with Crippen LogP contribution in [-0.4, -0.2) is 25.6 Å². The van der Waals surface area contributed by atoms with Crippen LogP contribution in [0.2, 0.25) is 0 Å². The molecule has 0 radical (unpaired) electrons. The molecule has 0 saturated carbocycles. The second-order valence-electron chi connectivity index (χ2n) is 20.7. The third-order valence-electron chi connectivity index (χ3n) is 14.5. The summed E-state index contributed by atoms with van der Waals surface area (Å²) in [6.07, 6.45) is 62.4. The molecule has 0 spiro atoms. The summed E-state index contributed by atoms with van der Waals surface area (Å²) in [6.45, 7) is 9.34. The third-order valence-corrected chi connectivity index (χ3v) is 14.5. The summed E-state index contributed by atoms with van der Waals surface area (Å²) in [5, 5.41) is 0. The van der Waals surface area contributed by atoms with Crippen LogP contribution in [0.5, 0.6) is 0 Å². The van der Waals surface area contributed by atoms with Crippen LogP contribution in [0.4, 0.5) is 0 Å². The van der Waals surface area contributed by atoms with E-state index >= 15 is 0 Å². The van der Waals surface area contributed by atoms with Crippen molar-refractivity contribution in [3.05, 3.63) is 34.9 Å². The predicted octanol–water partition coefficient (Wildman–Crippen LogP) is 17.1. The number of unbranched alkanes of at least 4 members (excludes halogenated alkanes) is 36. The minimum absolute atomic E-state index is 0. The molecule has 0 heterocycles. The number of benzene rings is 1. The van der Waals surface area contributed by atoms with Crippen molar-refractivity contribution in [3.63, 3.8) is 0 Å². The van der Waals surface area contributed by atoms with Gasteiger partial charge in [-0.15, -0.1) is 0 Å². The lowest BCUT2D eigenvalue weighted by molar-refractivity contribution is -0.933. The average Bonchev–Trinajstić information content (AvgIpc) is 3.22. The van der Waals surface area contributed by atoms with Gasteiger partial charge in [0.25, 0.3) is 0 Å². The fraction of sp³-hybridized carbons (Fsp3) is 0.897. The molecule has 0 aromatic heterocycles. The molecule has 0 atom stereocenters. The van der Waals surface area contributed by atoms with E-state index in [1.165, 1.54) is 283 Å². The molecule has 0 unspecified atom stereocenters. The largest absolute Gasteiger partial charge is 1.00 e. The first-order valence-electron chi connectivity index (χ1n) is 27.8. The normalized spacial score (nSPS) is 12.1. The summed E-state index contributed by atoms with van der Waals surface area (Å²) in [6, 6.07) is 7.73. The lowest BCUT2D eigenvalue weighted by Gasteiger charge is -2.48. The van der Waals surface area contributed by atoms with E-state index in [1.807, 2.05) is 0 Å². The Hall–Kier alpha value is -0.530. The Bertz CT molecular complexity index is 984. The van der Waals surface area contributed by atoms with Crippen molar-refractivity contribution >= 4 is 0 Å². The van der Waals surface area contributed by atoms with E-state index in [9.17, 15) is 0 Å². The Morgan fingerprint density at radius 2 is 0.600 bits per heavy atom. The Morgan fingerprint density at radius 3 is 0.900 bits per heavy atom. The van der Waals surface area contributed by atoms with Crippen molar-refractivity contribution in [1.82, 2.24) is 0 Å². The molecule has 1 aromatic rings. The molecule has 0 fully saturated rings. The molecular weight excluding hydrogens is 746 g/mol. The molecule has 356 valence electrons. The molecule has 60 heavy (non-hydrogen) atoms. The van der Waals surface area contributed by atoms with Crippen LogP contribution < -0.4 is 12.4 Å². The summed E-state index contributed by atoms with van der Waals surface area (Å²) in [5.41, 5.74) is 5.51. The van der Waals surface area contributed by atoms with Crippen LogP contribution in [0.15, 0.2) is 18.2 Å². The smallest absolute Gasteiger partial charge is 0.124 e. The lowest BCUT2D eigenvalue weighted by atomic mass is 9.73. The van der Waals surface area contributed by atoms with Crippen molar-refractivity contribution in [2.24, 2.45) is 0 Å². The summed E-state index contributed by atoms with van der Waals surface area (Å²) in [5.74, 6) is 0. The van der Waals surface area contributed by atoms with Gasteiger partial charge in [0.05, 0.1) is 21.1 Å². The van der Waals surface area contributed by atoms with Gasteiger partial charge in [0.2, 0.25) is 0 Å². The molecule has 0 amide bonds. The maximum absolute atomic E-state index is 2.66. The molecule has 1 nitrogen and oxygen atoms in total. The third kappa shape index (κ3) is 29.8. The van der Waals surface area contributed by atoms with Crippen LogP contribution in [0.25, 0.3) is 0 Å². The summed E-state index contributed by atoms with van der Waals surface area (Å²) in [4.78, 5) is 0. The van der Waals surface area contributed by atoms with Crippen molar-refractivity contribution < 1.29 is 16.9 Å². The number of aryl methyl sites for hydroxylation is 1. The minimum atomic E-state index is 0. The highest BCUT2D eigenvalue weighted by atomic mass is 35.5. The number of hydrogen-bond donors (Lipinski definition) is 0. The second-order valence-corrected chi connectivity index (χ2v) is 20.7. The fourth-order valence-corrected chi connectivity index (χ4v) is 10.4. The van der Waals surface area contributed by atoms with Gasteiger partial charge in [-0.05, 0) is 49.7 Å². The standard InChI is InChI=1S/C58H112N.ClH/c1-8-12-16-20-24-28-32-36-40-44-49-55-50-48-52-57(56(55)51-45-41-37-33-29-25-21-17-13-9-2)58(59(5,6)7,53-46-42-38-34-30-26-22-18-14-10-3)54-47-43-39-35-31-27-23-19-15-11-4;/h48,50,52H,8-47,49,51,53-54H2,1-7H3;1H/q+1;/p-1. The van der Waals surface area contributed by atoms with Crippen LogP contribution in [0, 0.1) is 0 Å². The van der Waals surface area contributed by atoms with Crippen LogP contribution >= 0.6 is 0 Å². The molecule has 0 aliphatic carbocycles. The quantitative estimate of drug-likeness (QED) is 0.0453. The van der Waals surface area contributed by atoms with Crippen molar-refractivity contribution in [1.29, 1.82) is 0 Å². The van der Waals surface area contributed by atoms with E-state index in [0.717, 1.165) is 4.48 Å². The van der Waals surface area contributed by atoms with Crippen molar-refractivity contribution in [3.8, 4) is 0 Å². The van der Waals surface area contributed by atoms with Crippen LogP contribution in [0.3, 0.4) is 0 Å². The van der Waals surface area contributed by atoms with Gasteiger partial charge < -0.3 is 16.9 Å². The van der Waals surface area contributed by atoms with Gasteiger partial charge >= 0.3 is 0 Å². The molecule has 0 aliphatic rings.